The van der Waals surface area contributed by atoms with Gasteiger partial charge in [0.25, 0.3) is 0 Å². The zero-order chi connectivity index (χ0) is 18.7. The van der Waals surface area contributed by atoms with Gasteiger partial charge in [-0.15, -0.1) is 0 Å². The number of sulfonamides is 1. The topological polar surface area (TPSA) is 113 Å². The van der Waals surface area contributed by atoms with Gasteiger partial charge in [-0.1, -0.05) is 12.1 Å². The molecule has 0 unspecified atom stereocenters. The Morgan fingerprint density at radius 3 is 2.60 bits per heavy atom. The molecule has 0 saturated carbocycles. The van der Waals surface area contributed by atoms with Gasteiger partial charge in [-0.05, 0) is 26.0 Å². The average Bonchev–Trinajstić information content (AvgIpc) is 2.97. The van der Waals surface area contributed by atoms with Crippen molar-refractivity contribution in [2.75, 3.05) is 10.0 Å². The van der Waals surface area contributed by atoms with E-state index in [1.54, 1.807) is 50.5 Å². The molecule has 0 radical (unpaired) electrons. The second-order valence-corrected chi connectivity index (χ2v) is 7.80. The van der Waals surface area contributed by atoms with Gasteiger partial charge in [0.1, 0.15) is 11.6 Å². The van der Waals surface area contributed by atoms with E-state index in [1.165, 1.54) is 6.20 Å². The molecule has 0 aliphatic carbocycles. The second-order valence-electron chi connectivity index (χ2n) is 5.56. The molecule has 0 atom stereocenters. The molecule has 2 heterocycles. The van der Waals surface area contributed by atoms with Gasteiger partial charge in [-0.2, -0.15) is 5.10 Å². The fourth-order valence-corrected chi connectivity index (χ4v) is 2.65. The van der Waals surface area contributed by atoms with Crippen molar-refractivity contribution in [1.82, 2.24) is 20.2 Å². The normalized spacial score (nSPS) is 12.0. The first-order valence-electron chi connectivity index (χ1n) is 8.07. The van der Waals surface area contributed by atoms with Gasteiger partial charge in [0, 0.05) is 29.7 Å². The van der Waals surface area contributed by atoms with Gasteiger partial charge >= 0.3 is 0 Å². The van der Waals surface area contributed by atoms with E-state index in [4.69, 9.17) is 1.37 Å². The van der Waals surface area contributed by atoms with Gasteiger partial charge in [-0.3, -0.25) is 14.8 Å². The van der Waals surface area contributed by atoms with Gasteiger partial charge < -0.3 is 5.32 Å². The number of rotatable bonds is 6. The van der Waals surface area contributed by atoms with Gasteiger partial charge in [0.2, 0.25) is 10.0 Å². The third kappa shape index (κ3) is 4.13. The lowest BCUT2D eigenvalue weighted by Gasteiger charge is -2.10. The van der Waals surface area contributed by atoms with Crippen LogP contribution in [0.5, 0.6) is 0 Å². The highest BCUT2D eigenvalue weighted by Crippen LogP contribution is 2.23. The maximum atomic E-state index is 11.9. The minimum absolute atomic E-state index is 0.172. The fourth-order valence-electron chi connectivity index (χ4n) is 1.95. The average molecular weight is 359 g/mol. The Bertz CT molecular complexity index is 987. The fraction of sp³-hybridized carbons (Fsp3) is 0.188. The van der Waals surface area contributed by atoms with E-state index < -0.39 is 15.3 Å². The summed E-state index contributed by atoms with van der Waals surface area (Å²) in [6.07, 6.45) is 4.63. The molecule has 0 fully saturated rings. The monoisotopic (exact) mass is 359 g/mol. The molecule has 0 amide bonds. The number of aromatic amines is 1. The number of hydrogen-bond acceptors (Lipinski definition) is 6. The lowest BCUT2D eigenvalue weighted by Crippen LogP contribution is -2.22. The summed E-state index contributed by atoms with van der Waals surface area (Å²) in [6.45, 7) is 3.22. The highest BCUT2D eigenvalue weighted by Gasteiger charge is 2.15. The highest BCUT2D eigenvalue weighted by atomic mass is 32.2. The maximum absolute atomic E-state index is 11.9. The van der Waals surface area contributed by atoms with Gasteiger partial charge in [0.05, 0.1) is 18.5 Å². The van der Waals surface area contributed by atoms with Crippen molar-refractivity contribution in [3.05, 3.63) is 48.9 Å². The Labute approximate surface area is 147 Å². The molecule has 130 valence electrons. The summed E-state index contributed by atoms with van der Waals surface area (Å²) in [7, 11) is -3.40. The van der Waals surface area contributed by atoms with E-state index in [0.29, 0.717) is 28.6 Å². The molecular weight excluding hydrogens is 340 g/mol. The van der Waals surface area contributed by atoms with E-state index >= 15 is 0 Å². The molecule has 2 aromatic heterocycles. The number of nitrogens with zero attached hydrogens (tertiary/aromatic N) is 3. The van der Waals surface area contributed by atoms with Crippen LogP contribution in [0.4, 0.5) is 17.3 Å². The van der Waals surface area contributed by atoms with Crippen LogP contribution >= 0.6 is 0 Å². The summed E-state index contributed by atoms with van der Waals surface area (Å²) in [5.41, 5.74) is 1.59. The van der Waals surface area contributed by atoms with Crippen molar-refractivity contribution < 1.29 is 9.79 Å². The minimum Gasteiger partial charge on any atom is -0.324 e. The summed E-state index contributed by atoms with van der Waals surface area (Å²) in [6, 6.07) is 6.86. The Morgan fingerprint density at radius 2 is 1.96 bits per heavy atom. The van der Waals surface area contributed by atoms with E-state index in [2.05, 4.69) is 30.2 Å². The van der Waals surface area contributed by atoms with Crippen molar-refractivity contribution in [2.45, 2.75) is 19.1 Å². The smallest absolute Gasteiger partial charge is 0.235 e. The number of nitrogens with one attached hydrogen (secondary N) is 3. The van der Waals surface area contributed by atoms with Crippen LogP contribution in [0.15, 0.2) is 48.9 Å². The van der Waals surface area contributed by atoms with Crippen LogP contribution in [0.3, 0.4) is 0 Å². The first-order chi connectivity index (χ1) is 12.4. The van der Waals surface area contributed by atoms with Crippen LogP contribution in [0, 0.1) is 0 Å². The Morgan fingerprint density at radius 1 is 1.20 bits per heavy atom. The summed E-state index contributed by atoms with van der Waals surface area (Å²) in [5.74, 6) is 0.889. The first-order valence-corrected chi connectivity index (χ1v) is 9.11. The predicted octanol–water partition coefficient (Wildman–Crippen LogP) is 2.76. The molecule has 3 aromatic rings. The van der Waals surface area contributed by atoms with Crippen LogP contribution in [-0.2, 0) is 10.0 Å². The molecule has 0 saturated heterocycles. The quantitative estimate of drug-likeness (QED) is 0.624. The molecule has 25 heavy (non-hydrogen) atoms. The third-order valence-electron chi connectivity index (χ3n) is 3.38. The van der Waals surface area contributed by atoms with Gasteiger partial charge in [-0.25, -0.2) is 13.4 Å². The molecule has 9 heteroatoms. The zero-order valence-electron chi connectivity index (χ0n) is 14.7. The van der Waals surface area contributed by atoms with Crippen LogP contribution in [0.2, 0.25) is 0 Å². The SMILES string of the molecule is [2H]c1c(-c2ccc(NS(=O)(=O)C(C)C)cc2)n[nH]c1Nc1cnccn1. The molecule has 8 nitrogen and oxygen atoms in total. The molecule has 3 N–H and O–H groups in total. The van der Waals surface area contributed by atoms with Crippen molar-refractivity contribution >= 4 is 27.3 Å². The maximum Gasteiger partial charge on any atom is 0.235 e. The van der Waals surface area contributed by atoms with Crippen molar-refractivity contribution in [1.29, 1.82) is 0 Å². The van der Waals surface area contributed by atoms with E-state index in [9.17, 15) is 8.42 Å². The zero-order valence-corrected chi connectivity index (χ0v) is 14.5. The van der Waals surface area contributed by atoms with Crippen LogP contribution < -0.4 is 10.0 Å². The molecule has 3 rings (SSSR count). The first kappa shape index (κ1) is 15.6. The van der Waals surface area contributed by atoms with Gasteiger partial charge in [0.15, 0.2) is 0 Å². The third-order valence-corrected chi connectivity index (χ3v) is 5.14. The molecule has 1 aromatic carbocycles. The van der Waals surface area contributed by atoms with Crippen LogP contribution in [0.1, 0.15) is 15.2 Å². The summed E-state index contributed by atoms with van der Waals surface area (Å²) >= 11 is 0. The number of anilines is 3. The van der Waals surface area contributed by atoms with Crippen molar-refractivity contribution in [3.8, 4) is 11.3 Å². The lowest BCUT2D eigenvalue weighted by molar-refractivity contribution is 0.593. The van der Waals surface area contributed by atoms with E-state index in [-0.39, 0.29) is 6.04 Å². The number of aromatic nitrogens is 4. The Kier molecular flexibility index (Phi) is 4.30. The Balaban J connectivity index is 1.80. The molecule has 0 spiro atoms. The van der Waals surface area contributed by atoms with E-state index in [1.807, 2.05) is 0 Å². The Hall–Kier alpha value is -2.94. The standard InChI is InChI=1S/C16H18N6O2S/c1-11(2)25(23,24)22-13-5-3-12(4-6-13)14-9-15(21-20-14)19-16-10-17-7-8-18-16/h3-11,22H,1-2H3,(H2,18,19,20,21)/i9D. The minimum atomic E-state index is -3.40. The highest BCUT2D eigenvalue weighted by molar-refractivity contribution is 7.93. The van der Waals surface area contributed by atoms with Crippen LogP contribution in [-0.4, -0.2) is 33.8 Å². The summed E-state index contributed by atoms with van der Waals surface area (Å²) in [4.78, 5) is 8.04. The molecule has 0 aliphatic rings. The molecule has 0 aliphatic heterocycles. The number of benzene rings is 1. The number of hydrogen-bond donors (Lipinski definition) is 3. The van der Waals surface area contributed by atoms with E-state index in [0.717, 1.165) is 0 Å². The molecular formula is C16H18N6O2S. The van der Waals surface area contributed by atoms with Crippen LogP contribution in [0.25, 0.3) is 11.3 Å². The van der Waals surface area contributed by atoms with Crippen molar-refractivity contribution in [2.24, 2.45) is 0 Å². The largest absolute Gasteiger partial charge is 0.324 e. The lowest BCUT2D eigenvalue weighted by atomic mass is 10.1. The second kappa shape index (κ2) is 6.89. The number of H-pyrrole nitrogens is 1. The summed E-state index contributed by atoms with van der Waals surface area (Å²) < 4.78 is 34.6. The predicted molar refractivity (Wildman–Crippen MR) is 97.0 cm³/mol. The van der Waals surface area contributed by atoms with Crippen molar-refractivity contribution in [3.63, 3.8) is 0 Å². The summed E-state index contributed by atoms with van der Waals surface area (Å²) in [5, 5.41) is 9.34. The molecule has 0 bridgehead atoms.